The summed E-state index contributed by atoms with van der Waals surface area (Å²) in [6, 6.07) is 17.2. The molecule has 10 heteroatoms. The van der Waals surface area contributed by atoms with Gasteiger partial charge in [0.15, 0.2) is 0 Å². The second kappa shape index (κ2) is 12.0. The van der Waals surface area contributed by atoms with Gasteiger partial charge in [-0.25, -0.2) is 8.42 Å². The van der Waals surface area contributed by atoms with Crippen molar-refractivity contribution in [1.29, 1.82) is 0 Å². The van der Waals surface area contributed by atoms with Crippen LogP contribution < -0.4 is 9.62 Å². The molecular formula is C27H29Cl2N3O4S. The summed E-state index contributed by atoms with van der Waals surface area (Å²) in [4.78, 5) is 27.6. The molecule has 0 saturated heterocycles. The van der Waals surface area contributed by atoms with E-state index < -0.39 is 28.5 Å². The summed E-state index contributed by atoms with van der Waals surface area (Å²) in [6.07, 6.45) is 0. The number of benzene rings is 3. The third kappa shape index (κ3) is 6.83. The predicted molar refractivity (Wildman–Crippen MR) is 147 cm³/mol. The minimum absolute atomic E-state index is 0.0335. The number of anilines is 1. The van der Waals surface area contributed by atoms with Crippen LogP contribution in [-0.2, 0) is 26.2 Å². The standard InChI is InChI=1S/C27H29Cl2N3O4S/c1-18-5-13-24(14-6-18)37(35,36)32(23-12-7-19(2)25(29)15-23)17-26(33)31(20(3)27(34)30-4)16-21-8-10-22(28)11-9-21/h5-15,20H,16-17H2,1-4H3,(H,30,34)/t20-/m1/s1. The number of sulfonamides is 1. The van der Waals surface area contributed by atoms with Crippen molar-refractivity contribution in [2.24, 2.45) is 0 Å². The molecule has 0 radical (unpaired) electrons. The monoisotopic (exact) mass is 561 g/mol. The lowest BCUT2D eigenvalue weighted by Crippen LogP contribution is -2.50. The third-order valence-electron chi connectivity index (χ3n) is 6.01. The highest BCUT2D eigenvalue weighted by Gasteiger charge is 2.32. The largest absolute Gasteiger partial charge is 0.357 e. The van der Waals surface area contributed by atoms with Crippen molar-refractivity contribution in [3.8, 4) is 0 Å². The number of carbonyl (C=O) groups is 2. The molecule has 0 spiro atoms. The molecule has 3 rings (SSSR count). The van der Waals surface area contributed by atoms with E-state index in [9.17, 15) is 18.0 Å². The zero-order valence-corrected chi connectivity index (χ0v) is 23.4. The molecule has 3 aromatic rings. The van der Waals surface area contributed by atoms with Crippen molar-refractivity contribution in [2.45, 2.75) is 38.3 Å². The summed E-state index contributed by atoms with van der Waals surface area (Å²) in [5.41, 5.74) is 2.64. The number of halogens is 2. The number of likely N-dealkylation sites (N-methyl/N-ethyl adjacent to an activating group) is 1. The van der Waals surface area contributed by atoms with Gasteiger partial charge in [0.05, 0.1) is 10.6 Å². The van der Waals surface area contributed by atoms with Gasteiger partial charge in [-0.15, -0.1) is 0 Å². The molecule has 0 aliphatic carbocycles. The number of aryl methyl sites for hydroxylation is 2. The number of rotatable bonds is 9. The molecule has 0 heterocycles. The Kier molecular flexibility index (Phi) is 9.23. The molecule has 0 saturated carbocycles. The van der Waals surface area contributed by atoms with Crippen LogP contribution in [0.2, 0.25) is 10.0 Å². The normalized spacial score (nSPS) is 12.1. The molecule has 37 heavy (non-hydrogen) atoms. The number of hydrogen-bond donors (Lipinski definition) is 1. The summed E-state index contributed by atoms with van der Waals surface area (Å²) in [5.74, 6) is -0.938. The molecule has 0 fully saturated rings. The lowest BCUT2D eigenvalue weighted by molar-refractivity contribution is -0.139. The van der Waals surface area contributed by atoms with Crippen LogP contribution in [0.4, 0.5) is 5.69 Å². The summed E-state index contributed by atoms with van der Waals surface area (Å²) in [5, 5.41) is 3.45. The van der Waals surface area contributed by atoms with Crippen molar-refractivity contribution in [1.82, 2.24) is 10.2 Å². The van der Waals surface area contributed by atoms with Crippen molar-refractivity contribution in [2.75, 3.05) is 17.9 Å². The molecule has 0 unspecified atom stereocenters. The predicted octanol–water partition coefficient (Wildman–Crippen LogP) is 4.97. The van der Waals surface area contributed by atoms with E-state index in [1.54, 1.807) is 62.4 Å². The van der Waals surface area contributed by atoms with Crippen LogP contribution in [-0.4, -0.2) is 44.8 Å². The van der Waals surface area contributed by atoms with Crippen molar-refractivity contribution < 1.29 is 18.0 Å². The molecule has 0 aromatic heterocycles. The second-order valence-electron chi connectivity index (χ2n) is 8.70. The number of nitrogens with one attached hydrogen (secondary N) is 1. The first-order valence-corrected chi connectivity index (χ1v) is 13.7. The average molecular weight is 563 g/mol. The first-order chi connectivity index (χ1) is 17.4. The van der Waals surface area contributed by atoms with Gasteiger partial charge in [0.25, 0.3) is 10.0 Å². The second-order valence-corrected chi connectivity index (χ2v) is 11.4. The van der Waals surface area contributed by atoms with Gasteiger partial charge in [-0.3, -0.25) is 13.9 Å². The number of hydrogen-bond acceptors (Lipinski definition) is 4. The lowest BCUT2D eigenvalue weighted by Gasteiger charge is -2.32. The van der Waals surface area contributed by atoms with Gasteiger partial charge in [0.1, 0.15) is 12.6 Å². The van der Waals surface area contributed by atoms with Crippen LogP contribution in [0.1, 0.15) is 23.6 Å². The van der Waals surface area contributed by atoms with Gasteiger partial charge in [0, 0.05) is 23.6 Å². The van der Waals surface area contributed by atoms with Gasteiger partial charge in [-0.1, -0.05) is 59.1 Å². The first-order valence-electron chi connectivity index (χ1n) is 11.5. The quantitative estimate of drug-likeness (QED) is 0.399. The van der Waals surface area contributed by atoms with E-state index in [1.807, 2.05) is 6.92 Å². The first kappa shape index (κ1) is 28.5. The molecule has 1 atom stereocenters. The van der Waals surface area contributed by atoms with Crippen molar-refractivity contribution in [3.05, 3.63) is 93.5 Å². The SMILES string of the molecule is CNC(=O)[C@@H](C)N(Cc1ccc(Cl)cc1)C(=O)CN(c1ccc(C)c(Cl)c1)S(=O)(=O)c1ccc(C)cc1. The molecule has 2 amide bonds. The van der Waals surface area contributed by atoms with Gasteiger partial charge < -0.3 is 10.2 Å². The maximum absolute atomic E-state index is 13.8. The Labute approximate surface area is 228 Å². The summed E-state index contributed by atoms with van der Waals surface area (Å²) in [6.45, 7) is 4.79. The molecule has 196 valence electrons. The van der Waals surface area contributed by atoms with Crippen LogP contribution in [0, 0.1) is 13.8 Å². The topological polar surface area (TPSA) is 86.8 Å². The fourth-order valence-corrected chi connectivity index (χ4v) is 5.39. The highest BCUT2D eigenvalue weighted by Crippen LogP contribution is 2.29. The highest BCUT2D eigenvalue weighted by atomic mass is 35.5. The summed E-state index contributed by atoms with van der Waals surface area (Å²) < 4.78 is 28.6. The van der Waals surface area contributed by atoms with Crippen molar-refractivity contribution >= 4 is 50.7 Å². The Morgan fingerprint density at radius 3 is 2.14 bits per heavy atom. The number of nitrogens with zero attached hydrogens (tertiary/aromatic N) is 2. The number of amides is 2. The van der Waals surface area contributed by atoms with Crippen LogP contribution in [0.25, 0.3) is 0 Å². The zero-order valence-electron chi connectivity index (χ0n) is 21.0. The smallest absolute Gasteiger partial charge is 0.264 e. The lowest BCUT2D eigenvalue weighted by atomic mass is 10.1. The Bertz CT molecular complexity index is 1380. The third-order valence-corrected chi connectivity index (χ3v) is 8.46. The van der Waals surface area contributed by atoms with Crippen LogP contribution in [0.15, 0.2) is 71.6 Å². The van der Waals surface area contributed by atoms with Gasteiger partial charge in [0.2, 0.25) is 11.8 Å². The van der Waals surface area contributed by atoms with Crippen molar-refractivity contribution in [3.63, 3.8) is 0 Å². The molecule has 1 N–H and O–H groups in total. The summed E-state index contributed by atoms with van der Waals surface area (Å²) >= 11 is 12.3. The van der Waals surface area contributed by atoms with Gasteiger partial charge >= 0.3 is 0 Å². The molecular weight excluding hydrogens is 533 g/mol. The molecule has 0 aliphatic rings. The van der Waals surface area contributed by atoms with Gasteiger partial charge in [-0.2, -0.15) is 0 Å². The molecule has 0 aliphatic heterocycles. The maximum Gasteiger partial charge on any atom is 0.264 e. The Morgan fingerprint density at radius 1 is 0.946 bits per heavy atom. The minimum atomic E-state index is -4.15. The van der Waals surface area contributed by atoms with E-state index in [2.05, 4.69) is 5.32 Å². The number of carbonyl (C=O) groups excluding carboxylic acids is 2. The average Bonchev–Trinajstić information content (AvgIpc) is 2.87. The van der Waals surface area contributed by atoms with E-state index in [4.69, 9.17) is 23.2 Å². The van der Waals surface area contributed by atoms with Crippen LogP contribution in [0.3, 0.4) is 0 Å². The Hall–Kier alpha value is -3.07. The Morgan fingerprint density at radius 2 is 1.57 bits per heavy atom. The van der Waals surface area contributed by atoms with E-state index in [0.29, 0.717) is 10.0 Å². The van der Waals surface area contributed by atoms with E-state index >= 15 is 0 Å². The molecule has 3 aromatic carbocycles. The fourth-order valence-electron chi connectivity index (χ4n) is 3.68. The van der Waals surface area contributed by atoms with E-state index in [-0.39, 0.29) is 23.0 Å². The van der Waals surface area contributed by atoms with E-state index in [0.717, 1.165) is 21.0 Å². The van der Waals surface area contributed by atoms with Crippen LogP contribution >= 0.6 is 23.2 Å². The molecule has 7 nitrogen and oxygen atoms in total. The fraction of sp³-hybridized carbons (Fsp3) is 0.259. The highest BCUT2D eigenvalue weighted by molar-refractivity contribution is 7.92. The van der Waals surface area contributed by atoms with Crippen LogP contribution in [0.5, 0.6) is 0 Å². The minimum Gasteiger partial charge on any atom is -0.357 e. The van der Waals surface area contributed by atoms with Gasteiger partial charge in [-0.05, 0) is 68.3 Å². The van der Waals surface area contributed by atoms with E-state index in [1.165, 1.54) is 30.1 Å². The summed E-state index contributed by atoms with van der Waals surface area (Å²) in [7, 11) is -2.67. The zero-order chi connectivity index (χ0) is 27.3. The Balaban J connectivity index is 2.05. The maximum atomic E-state index is 13.8. The molecule has 0 bridgehead atoms.